The van der Waals surface area contributed by atoms with E-state index < -0.39 is 5.56 Å². The van der Waals surface area contributed by atoms with E-state index in [1.165, 1.54) is 19.1 Å². The van der Waals surface area contributed by atoms with Gasteiger partial charge in [0.25, 0.3) is 5.56 Å². The Morgan fingerprint density at radius 1 is 1.17 bits per heavy atom. The van der Waals surface area contributed by atoms with Gasteiger partial charge >= 0.3 is 0 Å². The van der Waals surface area contributed by atoms with Gasteiger partial charge in [0.2, 0.25) is 0 Å². The Bertz CT molecular complexity index is 1480. The van der Waals surface area contributed by atoms with Crippen molar-refractivity contribution in [2.75, 3.05) is 13.6 Å². The molecule has 1 aliphatic rings. The lowest BCUT2D eigenvalue weighted by molar-refractivity contribution is 0.101. The molecule has 36 heavy (non-hydrogen) atoms. The lowest BCUT2D eigenvalue weighted by Gasteiger charge is -2.30. The second kappa shape index (κ2) is 9.91. The van der Waals surface area contributed by atoms with Crippen molar-refractivity contribution in [1.29, 1.82) is 0 Å². The minimum Gasteiger partial charge on any atom is -0.486 e. The van der Waals surface area contributed by atoms with E-state index in [0.29, 0.717) is 29.7 Å². The zero-order chi connectivity index (χ0) is 25.2. The molecule has 1 aliphatic heterocycles. The summed E-state index contributed by atoms with van der Waals surface area (Å²) in [5.41, 5.74) is 2.99. The van der Waals surface area contributed by atoms with Gasteiger partial charge in [-0.3, -0.25) is 19.1 Å². The van der Waals surface area contributed by atoms with Gasteiger partial charge in [0.05, 0.1) is 6.54 Å². The number of carbonyl (C=O) groups is 1. The van der Waals surface area contributed by atoms with Crippen LogP contribution >= 0.6 is 0 Å². The standard InChI is InChI=1S/C28H26FN3O4/c1-17(33)23-27(35-16-19-6-4-3-5-7-19)24-25-26(36-22(14-30-2)15-32(25)28(23)34)20(13-31-24)12-18-8-10-21(29)11-9-18/h3-11,13,22,30H,12,14-16H2,1-2H3/t22-/m0/s1. The van der Waals surface area contributed by atoms with Gasteiger partial charge in [0.15, 0.2) is 17.3 Å². The minimum atomic E-state index is -0.426. The number of aromatic nitrogens is 2. The van der Waals surface area contributed by atoms with E-state index in [4.69, 9.17) is 9.47 Å². The fourth-order valence-corrected chi connectivity index (χ4v) is 4.57. The van der Waals surface area contributed by atoms with Gasteiger partial charge in [0.1, 0.15) is 35.1 Å². The highest BCUT2D eigenvalue weighted by molar-refractivity contribution is 6.02. The Kier molecular flexibility index (Phi) is 6.52. The van der Waals surface area contributed by atoms with Crippen molar-refractivity contribution in [1.82, 2.24) is 14.9 Å². The van der Waals surface area contributed by atoms with Crippen molar-refractivity contribution in [3.63, 3.8) is 0 Å². The van der Waals surface area contributed by atoms with Crippen LogP contribution in [0, 0.1) is 5.82 Å². The molecule has 4 aromatic rings. The van der Waals surface area contributed by atoms with Crippen LogP contribution in [0.15, 0.2) is 65.6 Å². The monoisotopic (exact) mass is 487 g/mol. The van der Waals surface area contributed by atoms with Crippen molar-refractivity contribution in [2.45, 2.75) is 32.6 Å². The van der Waals surface area contributed by atoms with E-state index >= 15 is 0 Å². The molecule has 8 heteroatoms. The number of hydrogen-bond donors (Lipinski definition) is 1. The van der Waals surface area contributed by atoms with Gasteiger partial charge < -0.3 is 14.8 Å². The molecule has 0 aliphatic carbocycles. The van der Waals surface area contributed by atoms with Crippen molar-refractivity contribution >= 4 is 16.8 Å². The van der Waals surface area contributed by atoms with Crippen LogP contribution in [-0.4, -0.2) is 35.0 Å². The first-order valence-electron chi connectivity index (χ1n) is 11.8. The highest BCUT2D eigenvalue weighted by Crippen LogP contribution is 2.38. The van der Waals surface area contributed by atoms with Crippen LogP contribution < -0.4 is 20.3 Å². The number of nitrogens with zero attached hydrogens (tertiary/aromatic N) is 2. The quantitative estimate of drug-likeness (QED) is 0.380. The number of rotatable bonds is 8. The number of hydrogen-bond acceptors (Lipinski definition) is 6. The van der Waals surface area contributed by atoms with Crippen LogP contribution in [0.4, 0.5) is 4.39 Å². The molecule has 0 unspecified atom stereocenters. The number of ether oxygens (including phenoxy) is 2. The van der Waals surface area contributed by atoms with E-state index in [0.717, 1.165) is 16.7 Å². The van der Waals surface area contributed by atoms with Crippen molar-refractivity contribution < 1.29 is 18.7 Å². The third-order valence-corrected chi connectivity index (χ3v) is 6.24. The molecule has 0 fully saturated rings. The summed E-state index contributed by atoms with van der Waals surface area (Å²) in [5.74, 6) is -0.0163. The highest BCUT2D eigenvalue weighted by atomic mass is 19.1. The third kappa shape index (κ3) is 4.47. The molecule has 0 saturated heterocycles. The number of halogens is 1. The van der Waals surface area contributed by atoms with Gasteiger partial charge in [-0.15, -0.1) is 0 Å². The molecule has 0 radical (unpaired) electrons. The molecule has 1 N–H and O–H groups in total. The van der Waals surface area contributed by atoms with Crippen molar-refractivity contribution in [3.8, 4) is 11.5 Å². The Balaban J connectivity index is 1.69. The second-order valence-corrected chi connectivity index (χ2v) is 8.86. The first kappa shape index (κ1) is 23.7. The highest BCUT2D eigenvalue weighted by Gasteiger charge is 2.31. The van der Waals surface area contributed by atoms with E-state index in [9.17, 15) is 14.0 Å². The van der Waals surface area contributed by atoms with Crippen molar-refractivity contribution in [3.05, 3.63) is 99.2 Å². The van der Waals surface area contributed by atoms with Crippen LogP contribution in [0.5, 0.6) is 11.5 Å². The number of nitrogens with one attached hydrogen (secondary N) is 1. The summed E-state index contributed by atoms with van der Waals surface area (Å²) in [6.07, 6.45) is 1.79. The molecule has 184 valence electrons. The summed E-state index contributed by atoms with van der Waals surface area (Å²) in [7, 11) is 1.81. The Morgan fingerprint density at radius 2 is 1.92 bits per heavy atom. The zero-order valence-corrected chi connectivity index (χ0v) is 20.1. The molecular weight excluding hydrogens is 461 g/mol. The minimum absolute atomic E-state index is 0.0201. The Morgan fingerprint density at radius 3 is 2.61 bits per heavy atom. The van der Waals surface area contributed by atoms with Crippen LogP contribution in [0.1, 0.15) is 34.0 Å². The number of likely N-dealkylation sites (N-methyl/N-ethyl adjacent to an activating group) is 1. The average molecular weight is 488 g/mol. The number of Topliss-reactive ketones (excluding diaryl/α,β-unsaturated/α-hetero) is 1. The van der Waals surface area contributed by atoms with Crippen LogP contribution in [0.2, 0.25) is 0 Å². The van der Waals surface area contributed by atoms with Gasteiger partial charge in [-0.25, -0.2) is 4.39 Å². The number of pyridine rings is 2. The number of benzene rings is 2. The molecule has 2 aromatic heterocycles. The smallest absolute Gasteiger partial charge is 0.266 e. The predicted octanol–water partition coefficient (Wildman–Crippen LogP) is 3.89. The van der Waals surface area contributed by atoms with Crippen molar-refractivity contribution in [2.24, 2.45) is 0 Å². The third-order valence-electron chi connectivity index (χ3n) is 6.24. The van der Waals surface area contributed by atoms with Crippen LogP contribution in [0.25, 0.3) is 11.0 Å². The fourth-order valence-electron chi connectivity index (χ4n) is 4.57. The lowest BCUT2D eigenvalue weighted by Crippen LogP contribution is -2.41. The van der Waals surface area contributed by atoms with E-state index in [2.05, 4.69) is 10.3 Å². The Labute approximate surface area is 207 Å². The van der Waals surface area contributed by atoms with Gasteiger partial charge in [-0.2, -0.15) is 0 Å². The molecule has 0 bridgehead atoms. The largest absolute Gasteiger partial charge is 0.486 e. The maximum atomic E-state index is 13.6. The van der Waals surface area contributed by atoms with Gasteiger partial charge in [-0.1, -0.05) is 42.5 Å². The SMILES string of the molecule is CNC[C@H]1Cn2c(=O)c(C(C)=O)c(OCc3ccccc3)c3ncc(Cc4ccc(F)cc4)c(c32)O1. The summed E-state index contributed by atoms with van der Waals surface area (Å²) in [6.45, 7) is 2.31. The first-order chi connectivity index (χ1) is 17.5. The molecule has 5 rings (SSSR count). The molecule has 0 spiro atoms. The molecule has 0 amide bonds. The molecule has 1 atom stereocenters. The first-order valence-corrected chi connectivity index (χ1v) is 11.8. The Hall–Kier alpha value is -4.04. The summed E-state index contributed by atoms with van der Waals surface area (Å²) >= 11 is 0. The van der Waals surface area contributed by atoms with Crippen LogP contribution in [0.3, 0.4) is 0 Å². The number of carbonyl (C=O) groups excluding carboxylic acids is 1. The summed E-state index contributed by atoms with van der Waals surface area (Å²) in [4.78, 5) is 31.0. The van der Waals surface area contributed by atoms with E-state index in [1.54, 1.807) is 22.9 Å². The predicted molar refractivity (Wildman–Crippen MR) is 134 cm³/mol. The summed E-state index contributed by atoms with van der Waals surface area (Å²) in [6, 6.07) is 15.7. The second-order valence-electron chi connectivity index (χ2n) is 8.86. The fraction of sp³-hybridized carbons (Fsp3) is 0.250. The van der Waals surface area contributed by atoms with Gasteiger partial charge in [0, 0.05) is 24.7 Å². The topological polar surface area (TPSA) is 82.5 Å². The maximum absolute atomic E-state index is 13.6. The molecular formula is C28H26FN3O4. The molecule has 3 heterocycles. The molecule has 7 nitrogen and oxygen atoms in total. The summed E-state index contributed by atoms with van der Waals surface area (Å²) in [5, 5.41) is 3.09. The average Bonchev–Trinajstić information content (AvgIpc) is 2.88. The molecule has 2 aromatic carbocycles. The normalized spacial score (nSPS) is 14.5. The van der Waals surface area contributed by atoms with E-state index in [-0.39, 0.29) is 42.2 Å². The van der Waals surface area contributed by atoms with Crippen LogP contribution in [-0.2, 0) is 19.6 Å². The zero-order valence-electron chi connectivity index (χ0n) is 20.1. The maximum Gasteiger partial charge on any atom is 0.266 e. The number of ketones is 1. The molecule has 0 saturated carbocycles. The van der Waals surface area contributed by atoms with E-state index in [1.807, 2.05) is 37.4 Å². The van der Waals surface area contributed by atoms with Gasteiger partial charge in [-0.05, 0) is 37.2 Å². The summed E-state index contributed by atoms with van der Waals surface area (Å²) < 4.78 is 27.5. The lowest BCUT2D eigenvalue weighted by atomic mass is 10.0.